The van der Waals surface area contributed by atoms with Crippen LogP contribution in [0.1, 0.15) is 5.56 Å². The SMILES string of the molecule is O=C(CSc1nnc(NC(=O)Cc2ccccc2)s1)Nc1ccc(Cl)cc1. The third-order valence-electron chi connectivity index (χ3n) is 3.32. The van der Waals surface area contributed by atoms with Crippen LogP contribution in [0.2, 0.25) is 5.02 Å². The van der Waals surface area contributed by atoms with E-state index in [2.05, 4.69) is 20.8 Å². The number of hydrogen-bond donors (Lipinski definition) is 2. The van der Waals surface area contributed by atoms with E-state index in [0.29, 0.717) is 20.2 Å². The molecular formula is C18H15ClN4O2S2. The van der Waals surface area contributed by atoms with Crippen LogP contribution in [0, 0.1) is 0 Å². The van der Waals surface area contributed by atoms with Gasteiger partial charge in [0, 0.05) is 10.7 Å². The molecular weight excluding hydrogens is 404 g/mol. The number of hydrogen-bond acceptors (Lipinski definition) is 6. The van der Waals surface area contributed by atoms with Crippen molar-refractivity contribution in [1.82, 2.24) is 10.2 Å². The Bertz CT molecular complexity index is 917. The van der Waals surface area contributed by atoms with E-state index in [1.807, 2.05) is 30.3 Å². The molecule has 1 heterocycles. The molecule has 0 bridgehead atoms. The molecule has 138 valence electrons. The summed E-state index contributed by atoms with van der Waals surface area (Å²) in [6.45, 7) is 0. The summed E-state index contributed by atoms with van der Waals surface area (Å²) in [5.74, 6) is -0.128. The number of anilines is 2. The van der Waals surface area contributed by atoms with Crippen LogP contribution < -0.4 is 10.6 Å². The maximum atomic E-state index is 12.0. The van der Waals surface area contributed by atoms with Crippen LogP contribution in [0.4, 0.5) is 10.8 Å². The van der Waals surface area contributed by atoms with E-state index in [-0.39, 0.29) is 24.0 Å². The summed E-state index contributed by atoms with van der Waals surface area (Å²) in [5, 5.41) is 14.4. The number of rotatable bonds is 7. The fraction of sp³-hybridized carbons (Fsp3) is 0.111. The highest BCUT2D eigenvalue weighted by atomic mass is 35.5. The van der Waals surface area contributed by atoms with Gasteiger partial charge in [0.1, 0.15) is 0 Å². The lowest BCUT2D eigenvalue weighted by molar-refractivity contribution is -0.115. The first-order valence-corrected chi connectivity index (χ1v) is 10.1. The van der Waals surface area contributed by atoms with Gasteiger partial charge in [-0.1, -0.05) is 65.0 Å². The number of halogens is 1. The third kappa shape index (κ3) is 6.35. The van der Waals surface area contributed by atoms with Crippen molar-refractivity contribution < 1.29 is 9.59 Å². The average molecular weight is 419 g/mol. The molecule has 2 aromatic carbocycles. The number of amides is 2. The van der Waals surface area contributed by atoms with Crippen molar-refractivity contribution in [3.05, 3.63) is 65.2 Å². The molecule has 9 heteroatoms. The molecule has 0 atom stereocenters. The molecule has 0 radical (unpaired) electrons. The van der Waals surface area contributed by atoms with Crippen LogP contribution in [-0.4, -0.2) is 27.8 Å². The number of carbonyl (C=O) groups is 2. The zero-order valence-corrected chi connectivity index (χ0v) is 16.4. The fourth-order valence-electron chi connectivity index (χ4n) is 2.12. The van der Waals surface area contributed by atoms with Crippen LogP contribution >= 0.6 is 34.7 Å². The first-order chi connectivity index (χ1) is 13.1. The fourth-order valence-corrected chi connectivity index (χ4v) is 3.82. The van der Waals surface area contributed by atoms with E-state index in [1.165, 1.54) is 23.1 Å². The topological polar surface area (TPSA) is 84.0 Å². The Balaban J connectivity index is 1.45. The van der Waals surface area contributed by atoms with Crippen molar-refractivity contribution >= 4 is 57.3 Å². The number of benzene rings is 2. The molecule has 27 heavy (non-hydrogen) atoms. The van der Waals surface area contributed by atoms with Crippen molar-refractivity contribution in [3.63, 3.8) is 0 Å². The zero-order valence-electron chi connectivity index (χ0n) is 14.0. The predicted octanol–water partition coefficient (Wildman–Crippen LogP) is 4.10. The van der Waals surface area contributed by atoms with E-state index in [4.69, 9.17) is 11.6 Å². The molecule has 1 aromatic heterocycles. The minimum atomic E-state index is -0.160. The second kappa shape index (κ2) is 9.50. The van der Waals surface area contributed by atoms with E-state index >= 15 is 0 Å². The smallest absolute Gasteiger partial charge is 0.234 e. The van der Waals surface area contributed by atoms with Gasteiger partial charge in [-0.15, -0.1) is 10.2 Å². The second-order valence-corrected chi connectivity index (χ2v) is 8.06. The largest absolute Gasteiger partial charge is 0.325 e. The highest BCUT2D eigenvalue weighted by molar-refractivity contribution is 8.01. The Morgan fingerprint density at radius 2 is 1.70 bits per heavy atom. The lowest BCUT2D eigenvalue weighted by Gasteiger charge is -2.03. The van der Waals surface area contributed by atoms with Gasteiger partial charge < -0.3 is 10.6 Å². The summed E-state index contributed by atoms with van der Waals surface area (Å²) < 4.78 is 0.608. The van der Waals surface area contributed by atoms with Gasteiger partial charge in [-0.25, -0.2) is 0 Å². The van der Waals surface area contributed by atoms with E-state index in [9.17, 15) is 9.59 Å². The second-order valence-electron chi connectivity index (χ2n) is 5.43. The number of aromatic nitrogens is 2. The standard InChI is InChI=1S/C18H15ClN4O2S2/c19-13-6-8-14(9-7-13)20-16(25)11-26-18-23-22-17(27-18)21-15(24)10-12-4-2-1-3-5-12/h1-9H,10-11H2,(H,20,25)(H,21,22,24). The monoisotopic (exact) mass is 418 g/mol. The maximum Gasteiger partial charge on any atom is 0.234 e. The van der Waals surface area contributed by atoms with Crippen LogP contribution in [0.25, 0.3) is 0 Å². The van der Waals surface area contributed by atoms with Crippen molar-refractivity contribution in [2.75, 3.05) is 16.4 Å². The number of nitrogens with one attached hydrogen (secondary N) is 2. The molecule has 0 saturated carbocycles. The Morgan fingerprint density at radius 1 is 0.963 bits per heavy atom. The van der Waals surface area contributed by atoms with Gasteiger partial charge in [-0.3, -0.25) is 9.59 Å². The normalized spacial score (nSPS) is 10.4. The van der Waals surface area contributed by atoms with Gasteiger partial charge in [0.15, 0.2) is 4.34 Å². The molecule has 6 nitrogen and oxygen atoms in total. The van der Waals surface area contributed by atoms with E-state index in [1.54, 1.807) is 24.3 Å². The first-order valence-electron chi connectivity index (χ1n) is 7.94. The van der Waals surface area contributed by atoms with Crippen LogP contribution in [0.15, 0.2) is 58.9 Å². The van der Waals surface area contributed by atoms with Crippen molar-refractivity contribution in [2.45, 2.75) is 10.8 Å². The maximum absolute atomic E-state index is 12.0. The lowest BCUT2D eigenvalue weighted by Crippen LogP contribution is -2.14. The van der Waals surface area contributed by atoms with Gasteiger partial charge in [-0.05, 0) is 29.8 Å². The van der Waals surface area contributed by atoms with Gasteiger partial charge in [0.25, 0.3) is 0 Å². The van der Waals surface area contributed by atoms with Crippen molar-refractivity contribution in [1.29, 1.82) is 0 Å². The summed E-state index contributed by atoms with van der Waals surface area (Å²) in [7, 11) is 0. The number of nitrogens with zero attached hydrogens (tertiary/aromatic N) is 2. The number of carbonyl (C=O) groups excluding carboxylic acids is 2. The minimum Gasteiger partial charge on any atom is -0.325 e. The Morgan fingerprint density at radius 3 is 2.44 bits per heavy atom. The summed E-state index contributed by atoms with van der Waals surface area (Å²) in [5.41, 5.74) is 1.60. The summed E-state index contributed by atoms with van der Waals surface area (Å²) >= 11 is 8.30. The molecule has 0 unspecified atom stereocenters. The molecule has 0 aliphatic heterocycles. The van der Waals surface area contributed by atoms with Crippen molar-refractivity contribution in [2.24, 2.45) is 0 Å². The lowest BCUT2D eigenvalue weighted by atomic mass is 10.1. The third-order valence-corrected chi connectivity index (χ3v) is 5.54. The zero-order chi connectivity index (χ0) is 19.1. The van der Waals surface area contributed by atoms with Crippen LogP contribution in [0.5, 0.6) is 0 Å². The predicted molar refractivity (Wildman–Crippen MR) is 109 cm³/mol. The summed E-state index contributed by atoms with van der Waals surface area (Å²) in [6, 6.07) is 16.3. The Hall–Kier alpha value is -2.42. The molecule has 0 spiro atoms. The quantitative estimate of drug-likeness (QED) is 0.445. The van der Waals surface area contributed by atoms with E-state index in [0.717, 1.165) is 5.56 Å². The summed E-state index contributed by atoms with van der Waals surface area (Å²) in [6.07, 6.45) is 0.270. The first kappa shape index (κ1) is 19.3. The highest BCUT2D eigenvalue weighted by Crippen LogP contribution is 2.25. The molecule has 3 aromatic rings. The van der Waals surface area contributed by atoms with Crippen molar-refractivity contribution in [3.8, 4) is 0 Å². The van der Waals surface area contributed by atoms with E-state index < -0.39 is 0 Å². The molecule has 0 saturated heterocycles. The highest BCUT2D eigenvalue weighted by Gasteiger charge is 2.11. The van der Waals surface area contributed by atoms with Gasteiger partial charge in [0.05, 0.1) is 12.2 Å². The number of thioether (sulfide) groups is 1. The minimum absolute atomic E-state index is 0.158. The molecule has 2 amide bonds. The van der Waals surface area contributed by atoms with Crippen LogP contribution in [0.3, 0.4) is 0 Å². The Labute approximate surface area is 169 Å². The molecule has 0 aliphatic carbocycles. The molecule has 0 aliphatic rings. The molecule has 3 rings (SSSR count). The summed E-state index contributed by atoms with van der Waals surface area (Å²) in [4.78, 5) is 24.0. The van der Waals surface area contributed by atoms with Gasteiger partial charge in [0.2, 0.25) is 16.9 Å². The van der Waals surface area contributed by atoms with Crippen LogP contribution in [-0.2, 0) is 16.0 Å². The van der Waals surface area contributed by atoms with Gasteiger partial charge >= 0.3 is 0 Å². The Kier molecular flexibility index (Phi) is 6.80. The average Bonchev–Trinajstić information content (AvgIpc) is 3.10. The molecule has 0 fully saturated rings. The van der Waals surface area contributed by atoms with Gasteiger partial charge in [-0.2, -0.15) is 0 Å². The molecule has 2 N–H and O–H groups in total.